The first-order valence-electron chi connectivity index (χ1n) is 8.58. The second kappa shape index (κ2) is 9.58. The Hall–Kier alpha value is -3.30. The van der Waals surface area contributed by atoms with Crippen molar-refractivity contribution in [2.24, 2.45) is 16.5 Å². The lowest BCUT2D eigenvalue weighted by Crippen LogP contribution is -2.50. The summed E-state index contributed by atoms with van der Waals surface area (Å²) in [6.07, 6.45) is -0.730. The molecule has 0 aliphatic heterocycles. The van der Waals surface area contributed by atoms with Crippen molar-refractivity contribution in [2.75, 3.05) is 0 Å². The Labute approximate surface area is 163 Å². The average molecular weight is 393 g/mol. The Bertz CT molecular complexity index is 736. The van der Waals surface area contributed by atoms with E-state index >= 15 is 0 Å². The number of esters is 1. The van der Waals surface area contributed by atoms with Crippen LogP contribution in [0.1, 0.15) is 34.6 Å². The van der Waals surface area contributed by atoms with E-state index in [1.807, 2.05) is 0 Å². The van der Waals surface area contributed by atoms with E-state index in [4.69, 9.17) is 20.9 Å². The lowest BCUT2D eigenvalue weighted by Gasteiger charge is -2.22. The Morgan fingerprint density at radius 1 is 1.00 bits per heavy atom. The minimum absolute atomic E-state index is 0.0878. The number of amides is 2. The number of guanidine groups is 1. The van der Waals surface area contributed by atoms with Gasteiger partial charge >= 0.3 is 12.1 Å². The van der Waals surface area contributed by atoms with E-state index in [1.54, 1.807) is 32.9 Å². The normalized spacial score (nSPS) is 12.9. The summed E-state index contributed by atoms with van der Waals surface area (Å²) in [7, 11) is 0. The predicted octanol–water partition coefficient (Wildman–Crippen LogP) is 0.915. The molecule has 0 saturated heterocycles. The smallest absolute Gasteiger partial charge is 0.408 e. The molecule has 0 fully saturated rings. The second-order valence-corrected chi connectivity index (χ2v) is 7.05. The number of carbonyl (C=O) groups is 3. The topological polar surface area (TPSA) is 158 Å². The van der Waals surface area contributed by atoms with Crippen molar-refractivity contribution < 1.29 is 23.9 Å². The molecule has 2 atom stereocenters. The maximum Gasteiger partial charge on any atom is 0.408 e. The number of rotatable bonds is 6. The molecule has 1 aromatic carbocycles. The number of nitrogens with two attached hydrogens (primary N) is 2. The van der Waals surface area contributed by atoms with Gasteiger partial charge in [-0.1, -0.05) is 0 Å². The average Bonchev–Trinajstić information content (AvgIpc) is 2.54. The number of benzene rings is 1. The molecule has 0 saturated carbocycles. The third kappa shape index (κ3) is 8.39. The highest BCUT2D eigenvalue weighted by Gasteiger charge is 2.24. The zero-order valence-corrected chi connectivity index (χ0v) is 16.6. The highest BCUT2D eigenvalue weighted by molar-refractivity contribution is 5.89. The van der Waals surface area contributed by atoms with E-state index < -0.39 is 35.7 Å². The van der Waals surface area contributed by atoms with Gasteiger partial charge in [0.15, 0.2) is 5.96 Å². The van der Waals surface area contributed by atoms with Crippen LogP contribution < -0.4 is 26.8 Å². The second-order valence-electron chi connectivity index (χ2n) is 7.05. The van der Waals surface area contributed by atoms with Crippen LogP contribution in [-0.2, 0) is 14.3 Å². The Kier molecular flexibility index (Phi) is 7.78. The van der Waals surface area contributed by atoms with Crippen LogP contribution in [0.5, 0.6) is 5.75 Å². The standard InChI is InChI=1S/C18H27N5O5/c1-10(22-17(26)28-18(3,4)5)14(24)21-11(2)15(25)27-13-8-6-12(7-9-13)23-16(19)20/h6-11H,1-5H3,(H,21,24)(H,22,26)(H4,19,20,23)/t10-,11-/m0/s1. The molecule has 0 aliphatic carbocycles. The molecule has 1 aromatic rings. The fraction of sp³-hybridized carbons (Fsp3) is 0.444. The number of carbonyl (C=O) groups excluding carboxylic acids is 3. The number of alkyl carbamates (subject to hydrolysis) is 1. The number of hydrogen-bond donors (Lipinski definition) is 4. The molecule has 0 spiro atoms. The van der Waals surface area contributed by atoms with Crippen LogP contribution in [0.15, 0.2) is 29.3 Å². The molecule has 6 N–H and O–H groups in total. The lowest BCUT2D eigenvalue weighted by molar-refractivity contribution is -0.139. The first-order chi connectivity index (χ1) is 12.9. The Balaban J connectivity index is 2.55. The van der Waals surface area contributed by atoms with Crippen LogP contribution in [-0.4, -0.2) is 41.6 Å². The number of ether oxygens (including phenoxy) is 2. The zero-order valence-electron chi connectivity index (χ0n) is 16.6. The zero-order chi connectivity index (χ0) is 21.5. The molecule has 0 bridgehead atoms. The molecule has 10 heteroatoms. The molecule has 0 heterocycles. The summed E-state index contributed by atoms with van der Waals surface area (Å²) in [5.74, 6) is -1.05. The SMILES string of the molecule is C[C@H](NC(=O)OC(C)(C)C)C(=O)N[C@@H](C)C(=O)Oc1ccc(N=C(N)N)cc1. The number of hydrogen-bond acceptors (Lipinski definition) is 6. The van der Waals surface area contributed by atoms with Crippen LogP contribution in [0.2, 0.25) is 0 Å². The van der Waals surface area contributed by atoms with Gasteiger partial charge in [-0.15, -0.1) is 0 Å². The van der Waals surface area contributed by atoms with Gasteiger partial charge in [0.25, 0.3) is 0 Å². The molecular weight excluding hydrogens is 366 g/mol. The first kappa shape index (κ1) is 22.7. The van der Waals surface area contributed by atoms with Gasteiger partial charge in [-0.05, 0) is 58.9 Å². The summed E-state index contributed by atoms with van der Waals surface area (Å²) < 4.78 is 10.3. The minimum Gasteiger partial charge on any atom is -0.444 e. The monoisotopic (exact) mass is 393 g/mol. The van der Waals surface area contributed by atoms with E-state index in [2.05, 4.69) is 15.6 Å². The minimum atomic E-state index is -0.937. The maximum atomic E-state index is 12.1. The quantitative estimate of drug-likeness (QED) is 0.242. The van der Waals surface area contributed by atoms with Crippen molar-refractivity contribution in [3.8, 4) is 5.75 Å². The van der Waals surface area contributed by atoms with E-state index in [0.29, 0.717) is 5.69 Å². The van der Waals surface area contributed by atoms with Crippen molar-refractivity contribution >= 4 is 29.6 Å². The van der Waals surface area contributed by atoms with E-state index in [0.717, 1.165) is 0 Å². The fourth-order valence-corrected chi connectivity index (χ4v) is 1.89. The number of aliphatic imine (C=N–C) groups is 1. The lowest BCUT2D eigenvalue weighted by atomic mass is 10.2. The van der Waals surface area contributed by atoms with E-state index in [9.17, 15) is 14.4 Å². The maximum absolute atomic E-state index is 12.1. The Morgan fingerprint density at radius 3 is 2.07 bits per heavy atom. The van der Waals surface area contributed by atoms with Gasteiger partial charge in [0, 0.05) is 0 Å². The summed E-state index contributed by atoms with van der Waals surface area (Å²) in [4.78, 5) is 39.8. The molecule has 0 aromatic heterocycles. The third-order valence-corrected chi connectivity index (χ3v) is 3.15. The van der Waals surface area contributed by atoms with Crippen LogP contribution in [0.4, 0.5) is 10.5 Å². The summed E-state index contributed by atoms with van der Waals surface area (Å²) in [5.41, 5.74) is 10.4. The van der Waals surface area contributed by atoms with Crippen molar-refractivity contribution in [1.29, 1.82) is 0 Å². The highest BCUT2D eigenvalue weighted by Crippen LogP contribution is 2.18. The third-order valence-electron chi connectivity index (χ3n) is 3.15. The molecule has 0 unspecified atom stereocenters. The van der Waals surface area contributed by atoms with Crippen LogP contribution >= 0.6 is 0 Å². The largest absolute Gasteiger partial charge is 0.444 e. The van der Waals surface area contributed by atoms with Gasteiger partial charge < -0.3 is 31.6 Å². The van der Waals surface area contributed by atoms with Crippen LogP contribution in [0.3, 0.4) is 0 Å². The van der Waals surface area contributed by atoms with E-state index in [-0.39, 0.29) is 11.7 Å². The van der Waals surface area contributed by atoms with Gasteiger partial charge in [-0.3, -0.25) is 4.79 Å². The van der Waals surface area contributed by atoms with Crippen LogP contribution in [0.25, 0.3) is 0 Å². The van der Waals surface area contributed by atoms with Crippen molar-refractivity contribution in [3.05, 3.63) is 24.3 Å². The number of nitrogens with one attached hydrogen (secondary N) is 2. The molecule has 10 nitrogen and oxygen atoms in total. The van der Waals surface area contributed by atoms with Crippen molar-refractivity contribution in [2.45, 2.75) is 52.3 Å². The van der Waals surface area contributed by atoms with Crippen LogP contribution in [0, 0.1) is 0 Å². The number of nitrogens with zero attached hydrogens (tertiary/aromatic N) is 1. The van der Waals surface area contributed by atoms with Gasteiger partial charge in [0.1, 0.15) is 23.4 Å². The first-order valence-corrected chi connectivity index (χ1v) is 8.58. The molecule has 1 rings (SSSR count). The molecule has 0 radical (unpaired) electrons. The summed E-state index contributed by atoms with van der Waals surface area (Å²) in [6.45, 7) is 8.06. The van der Waals surface area contributed by atoms with Gasteiger partial charge in [-0.2, -0.15) is 0 Å². The van der Waals surface area contributed by atoms with Crippen molar-refractivity contribution in [1.82, 2.24) is 10.6 Å². The molecule has 28 heavy (non-hydrogen) atoms. The van der Waals surface area contributed by atoms with Gasteiger partial charge in [-0.25, -0.2) is 14.6 Å². The molecular formula is C18H27N5O5. The molecule has 154 valence electrons. The molecule has 0 aliphatic rings. The predicted molar refractivity (Wildman–Crippen MR) is 104 cm³/mol. The highest BCUT2D eigenvalue weighted by atomic mass is 16.6. The fourth-order valence-electron chi connectivity index (χ4n) is 1.89. The summed E-state index contributed by atoms with van der Waals surface area (Å²) >= 11 is 0. The Morgan fingerprint density at radius 2 is 1.57 bits per heavy atom. The van der Waals surface area contributed by atoms with Gasteiger partial charge in [0.2, 0.25) is 5.91 Å². The summed E-state index contributed by atoms with van der Waals surface area (Å²) in [6, 6.07) is 4.33. The summed E-state index contributed by atoms with van der Waals surface area (Å²) in [5, 5.41) is 4.86. The van der Waals surface area contributed by atoms with E-state index in [1.165, 1.54) is 26.0 Å². The van der Waals surface area contributed by atoms with Crippen molar-refractivity contribution in [3.63, 3.8) is 0 Å². The molecule has 2 amide bonds. The van der Waals surface area contributed by atoms with Gasteiger partial charge in [0.05, 0.1) is 5.69 Å².